The van der Waals surface area contributed by atoms with Gasteiger partial charge in [-0.2, -0.15) is 0 Å². The maximum atomic E-state index is 11.1. The average molecular weight is 281 g/mol. The Morgan fingerprint density at radius 3 is 2.05 bits per heavy atom. The quantitative estimate of drug-likeness (QED) is 0.287. The SMILES string of the molecule is CN(C)CC(=O)OCC(O)C(O)C(O)C(O)C(=O)O. The molecule has 0 heterocycles. The van der Waals surface area contributed by atoms with E-state index in [0.29, 0.717) is 0 Å². The second kappa shape index (κ2) is 8.02. The predicted molar refractivity (Wildman–Crippen MR) is 61.2 cm³/mol. The highest BCUT2D eigenvalue weighted by atomic mass is 16.5. The van der Waals surface area contributed by atoms with Gasteiger partial charge in [0.25, 0.3) is 0 Å². The van der Waals surface area contributed by atoms with E-state index in [-0.39, 0.29) is 6.54 Å². The van der Waals surface area contributed by atoms with Crippen LogP contribution < -0.4 is 0 Å². The van der Waals surface area contributed by atoms with Crippen molar-refractivity contribution >= 4 is 11.9 Å². The summed E-state index contributed by atoms with van der Waals surface area (Å²) in [5, 5.41) is 45.4. The molecule has 0 aromatic heterocycles. The van der Waals surface area contributed by atoms with E-state index in [1.807, 2.05) is 0 Å². The van der Waals surface area contributed by atoms with Crippen LogP contribution in [-0.2, 0) is 14.3 Å². The van der Waals surface area contributed by atoms with Crippen LogP contribution in [0.4, 0.5) is 0 Å². The fourth-order valence-corrected chi connectivity index (χ4v) is 1.14. The summed E-state index contributed by atoms with van der Waals surface area (Å²) in [4.78, 5) is 23.0. The molecule has 9 heteroatoms. The molecular formula is C10H19NO8. The molecule has 112 valence electrons. The zero-order valence-corrected chi connectivity index (χ0v) is 10.6. The zero-order chi connectivity index (χ0) is 15.2. The molecule has 4 unspecified atom stereocenters. The predicted octanol–water partition coefficient (Wildman–Crippen LogP) is -3.38. The molecule has 0 aliphatic carbocycles. The van der Waals surface area contributed by atoms with Crippen molar-refractivity contribution in [3.8, 4) is 0 Å². The standard InChI is InChI=1S/C10H19NO8/c1-11(2)3-6(13)19-4-5(12)7(14)8(15)9(16)10(17)18/h5,7-9,12,14-16H,3-4H2,1-2H3,(H,17,18). The normalized spacial score (nSPS) is 17.6. The number of aliphatic hydroxyl groups is 4. The molecule has 0 aliphatic heterocycles. The number of rotatable bonds is 8. The topological polar surface area (TPSA) is 148 Å². The van der Waals surface area contributed by atoms with E-state index in [2.05, 4.69) is 4.74 Å². The largest absolute Gasteiger partial charge is 0.479 e. The molecule has 4 atom stereocenters. The summed E-state index contributed by atoms with van der Waals surface area (Å²) in [5.74, 6) is -2.41. The number of aliphatic hydroxyl groups excluding tert-OH is 4. The van der Waals surface area contributed by atoms with Crippen molar-refractivity contribution in [2.24, 2.45) is 0 Å². The Morgan fingerprint density at radius 2 is 1.63 bits per heavy atom. The van der Waals surface area contributed by atoms with Crippen LogP contribution in [0.1, 0.15) is 0 Å². The molecule has 0 saturated heterocycles. The van der Waals surface area contributed by atoms with E-state index in [0.717, 1.165) is 0 Å². The van der Waals surface area contributed by atoms with Crippen LogP contribution in [0.15, 0.2) is 0 Å². The number of nitrogens with zero attached hydrogens (tertiary/aromatic N) is 1. The van der Waals surface area contributed by atoms with Crippen LogP contribution in [0, 0.1) is 0 Å². The van der Waals surface area contributed by atoms with Crippen molar-refractivity contribution in [3.05, 3.63) is 0 Å². The van der Waals surface area contributed by atoms with Crippen molar-refractivity contribution in [2.75, 3.05) is 27.2 Å². The van der Waals surface area contributed by atoms with Crippen molar-refractivity contribution < 1.29 is 39.9 Å². The lowest BCUT2D eigenvalue weighted by Gasteiger charge is -2.24. The molecular weight excluding hydrogens is 262 g/mol. The van der Waals surface area contributed by atoms with Gasteiger partial charge in [-0.05, 0) is 14.1 Å². The van der Waals surface area contributed by atoms with Gasteiger partial charge in [0.2, 0.25) is 0 Å². The maximum absolute atomic E-state index is 11.1. The lowest BCUT2D eigenvalue weighted by Crippen LogP contribution is -2.49. The lowest BCUT2D eigenvalue weighted by molar-refractivity contribution is -0.168. The highest BCUT2D eigenvalue weighted by Gasteiger charge is 2.34. The zero-order valence-electron chi connectivity index (χ0n) is 10.6. The summed E-state index contributed by atoms with van der Waals surface area (Å²) in [6.07, 6.45) is -8.02. The Morgan fingerprint density at radius 1 is 1.11 bits per heavy atom. The summed E-state index contributed by atoms with van der Waals surface area (Å²) in [6.45, 7) is -0.666. The van der Waals surface area contributed by atoms with Crippen LogP contribution in [0.2, 0.25) is 0 Å². The van der Waals surface area contributed by atoms with E-state index in [1.54, 1.807) is 14.1 Å². The van der Waals surface area contributed by atoms with Crippen molar-refractivity contribution in [3.63, 3.8) is 0 Å². The highest BCUT2D eigenvalue weighted by molar-refractivity contribution is 5.73. The van der Waals surface area contributed by atoms with E-state index in [1.165, 1.54) is 4.90 Å². The van der Waals surface area contributed by atoms with E-state index in [9.17, 15) is 24.9 Å². The molecule has 0 fully saturated rings. The van der Waals surface area contributed by atoms with Crippen LogP contribution >= 0.6 is 0 Å². The fraction of sp³-hybridized carbons (Fsp3) is 0.800. The second-order valence-corrected chi connectivity index (χ2v) is 4.25. The fourth-order valence-electron chi connectivity index (χ4n) is 1.14. The summed E-state index contributed by atoms with van der Waals surface area (Å²) >= 11 is 0. The van der Waals surface area contributed by atoms with Crippen LogP contribution in [0.5, 0.6) is 0 Å². The van der Waals surface area contributed by atoms with Gasteiger partial charge in [-0.15, -0.1) is 0 Å². The summed E-state index contributed by atoms with van der Waals surface area (Å²) in [5.41, 5.74) is 0. The molecule has 0 aromatic rings. The number of carbonyl (C=O) groups excluding carboxylic acids is 1. The number of carboxylic acid groups (broad SMARTS) is 1. The first-order chi connectivity index (χ1) is 8.66. The first-order valence-corrected chi connectivity index (χ1v) is 5.42. The summed E-state index contributed by atoms with van der Waals surface area (Å²) < 4.78 is 4.60. The van der Waals surface area contributed by atoms with Crippen LogP contribution in [0.3, 0.4) is 0 Å². The van der Waals surface area contributed by atoms with Gasteiger partial charge in [0.05, 0.1) is 6.54 Å². The number of ether oxygens (including phenoxy) is 1. The van der Waals surface area contributed by atoms with Crippen molar-refractivity contribution in [2.45, 2.75) is 24.4 Å². The Labute approximate surface area is 109 Å². The van der Waals surface area contributed by atoms with Gasteiger partial charge in [0, 0.05) is 0 Å². The minimum atomic E-state index is -2.25. The number of carbonyl (C=O) groups is 2. The third kappa shape index (κ3) is 6.45. The van der Waals surface area contributed by atoms with Gasteiger partial charge in [0.15, 0.2) is 6.10 Å². The Kier molecular flexibility index (Phi) is 7.49. The smallest absolute Gasteiger partial charge is 0.335 e. The van der Waals surface area contributed by atoms with Gasteiger partial charge in [-0.3, -0.25) is 9.69 Å². The Bertz CT molecular complexity index is 308. The van der Waals surface area contributed by atoms with Crippen molar-refractivity contribution in [1.29, 1.82) is 0 Å². The minimum Gasteiger partial charge on any atom is -0.479 e. The highest BCUT2D eigenvalue weighted by Crippen LogP contribution is 2.06. The van der Waals surface area contributed by atoms with Gasteiger partial charge in [0.1, 0.15) is 24.9 Å². The molecule has 19 heavy (non-hydrogen) atoms. The Hall–Kier alpha value is -1.26. The average Bonchev–Trinajstić information content (AvgIpc) is 2.32. The van der Waals surface area contributed by atoms with Gasteiger partial charge < -0.3 is 30.3 Å². The molecule has 5 N–H and O–H groups in total. The number of aliphatic carboxylic acids is 1. The number of esters is 1. The van der Waals surface area contributed by atoms with E-state index >= 15 is 0 Å². The molecule has 0 aromatic carbocycles. The van der Waals surface area contributed by atoms with Crippen LogP contribution in [0.25, 0.3) is 0 Å². The number of carboxylic acids is 1. The third-order valence-electron chi connectivity index (χ3n) is 2.18. The first-order valence-electron chi connectivity index (χ1n) is 5.42. The number of hydrogen-bond acceptors (Lipinski definition) is 8. The van der Waals surface area contributed by atoms with Gasteiger partial charge >= 0.3 is 11.9 Å². The maximum Gasteiger partial charge on any atom is 0.335 e. The molecule has 0 radical (unpaired) electrons. The van der Waals surface area contributed by atoms with E-state index < -0.39 is 43.0 Å². The van der Waals surface area contributed by atoms with Crippen molar-refractivity contribution in [1.82, 2.24) is 4.90 Å². The summed E-state index contributed by atoms with van der Waals surface area (Å²) in [7, 11) is 3.25. The second-order valence-electron chi connectivity index (χ2n) is 4.25. The summed E-state index contributed by atoms with van der Waals surface area (Å²) in [6, 6.07) is 0. The molecule has 0 amide bonds. The number of hydrogen-bond donors (Lipinski definition) is 5. The minimum absolute atomic E-state index is 0.0386. The molecule has 0 saturated carbocycles. The molecule has 0 rings (SSSR count). The van der Waals surface area contributed by atoms with Gasteiger partial charge in [-0.25, -0.2) is 4.79 Å². The molecule has 9 nitrogen and oxygen atoms in total. The molecule has 0 aliphatic rings. The lowest BCUT2D eigenvalue weighted by atomic mass is 10.0. The Balaban J connectivity index is 4.23. The monoisotopic (exact) mass is 281 g/mol. The van der Waals surface area contributed by atoms with Gasteiger partial charge in [-0.1, -0.05) is 0 Å². The number of likely N-dealkylation sites (N-methyl/N-ethyl adjacent to an activating group) is 1. The van der Waals surface area contributed by atoms with Crippen LogP contribution in [-0.4, -0.2) is 94.0 Å². The molecule has 0 bridgehead atoms. The first kappa shape index (κ1) is 17.7. The molecule has 0 spiro atoms. The third-order valence-corrected chi connectivity index (χ3v) is 2.18. The van der Waals surface area contributed by atoms with E-state index in [4.69, 9.17) is 10.2 Å².